The number of carboxylic acid groups (broad SMARTS) is 1. The molecule has 1 aromatic carbocycles. The minimum atomic E-state index is -1.02. The van der Waals surface area contributed by atoms with Gasteiger partial charge in [0.25, 0.3) is 0 Å². The Morgan fingerprint density at radius 2 is 1.95 bits per heavy atom. The van der Waals surface area contributed by atoms with Crippen molar-refractivity contribution in [2.24, 2.45) is 0 Å². The number of carboxylic acids is 1. The zero-order valence-corrected chi connectivity index (χ0v) is 11.0. The molecule has 100 valence electrons. The molecule has 1 fully saturated rings. The van der Waals surface area contributed by atoms with E-state index in [2.05, 4.69) is 5.32 Å². The second-order valence-corrected chi connectivity index (χ2v) is 4.98. The van der Waals surface area contributed by atoms with E-state index in [0.717, 1.165) is 24.5 Å². The quantitative estimate of drug-likeness (QED) is 0.812. The van der Waals surface area contributed by atoms with Gasteiger partial charge in [-0.15, -0.1) is 0 Å². The van der Waals surface area contributed by atoms with Gasteiger partial charge in [0.05, 0.1) is 5.41 Å². The predicted molar refractivity (Wildman–Crippen MR) is 72.1 cm³/mol. The molecule has 0 bridgehead atoms. The first-order chi connectivity index (χ1) is 9.04. The molecule has 2 rings (SSSR count). The molecule has 0 unspecified atom stereocenters. The molecule has 0 aliphatic heterocycles. The number of benzene rings is 1. The summed E-state index contributed by atoms with van der Waals surface area (Å²) in [5.74, 6) is -1.09. The van der Waals surface area contributed by atoms with Crippen LogP contribution in [0.2, 0.25) is 5.02 Å². The zero-order chi connectivity index (χ0) is 13.9. The topological polar surface area (TPSA) is 66.4 Å². The van der Waals surface area contributed by atoms with Crippen LogP contribution in [0.15, 0.2) is 36.4 Å². The molecule has 0 saturated heterocycles. The van der Waals surface area contributed by atoms with Gasteiger partial charge in [-0.1, -0.05) is 29.8 Å². The summed E-state index contributed by atoms with van der Waals surface area (Å²) < 4.78 is 0. The zero-order valence-electron chi connectivity index (χ0n) is 10.2. The van der Waals surface area contributed by atoms with Crippen molar-refractivity contribution in [1.29, 1.82) is 0 Å². The van der Waals surface area contributed by atoms with Gasteiger partial charge in [-0.05, 0) is 30.5 Å². The molecular weight excluding hydrogens is 266 g/mol. The van der Waals surface area contributed by atoms with Crippen molar-refractivity contribution < 1.29 is 14.7 Å². The Balaban J connectivity index is 1.98. The highest BCUT2D eigenvalue weighted by Crippen LogP contribution is 2.48. The molecule has 5 heteroatoms. The lowest BCUT2D eigenvalue weighted by atomic mass is 9.95. The molecule has 2 N–H and O–H groups in total. The molecule has 1 amide bonds. The Morgan fingerprint density at radius 1 is 1.32 bits per heavy atom. The lowest BCUT2D eigenvalue weighted by Crippen LogP contribution is -2.34. The monoisotopic (exact) mass is 279 g/mol. The van der Waals surface area contributed by atoms with Crippen LogP contribution < -0.4 is 5.32 Å². The number of carbonyl (C=O) groups is 2. The van der Waals surface area contributed by atoms with Crippen LogP contribution in [0.5, 0.6) is 0 Å². The summed E-state index contributed by atoms with van der Waals surface area (Å²) in [6.07, 6.45) is 4.05. The van der Waals surface area contributed by atoms with Crippen molar-refractivity contribution in [3.05, 3.63) is 47.0 Å². The standard InChI is InChI=1S/C14H14ClNO3/c15-11-5-3-10(4-6-11)14(7-8-14)13(19)16-9-1-2-12(17)18/h1-6H,7-9H2,(H,16,19)(H,17,18)/b2-1+. The maximum absolute atomic E-state index is 12.1. The number of hydrogen-bond donors (Lipinski definition) is 2. The van der Waals surface area contributed by atoms with E-state index in [1.807, 2.05) is 12.1 Å². The summed E-state index contributed by atoms with van der Waals surface area (Å²) in [5.41, 5.74) is 0.499. The lowest BCUT2D eigenvalue weighted by molar-refractivity contribution is -0.131. The van der Waals surface area contributed by atoms with Crippen molar-refractivity contribution in [2.75, 3.05) is 6.54 Å². The normalized spacial score (nSPS) is 16.3. The molecule has 1 aliphatic carbocycles. The molecule has 4 nitrogen and oxygen atoms in total. The summed E-state index contributed by atoms with van der Waals surface area (Å²) in [6.45, 7) is 0.223. The van der Waals surface area contributed by atoms with Crippen LogP contribution in [-0.4, -0.2) is 23.5 Å². The Morgan fingerprint density at radius 3 is 2.47 bits per heavy atom. The number of nitrogens with one attached hydrogen (secondary N) is 1. The van der Waals surface area contributed by atoms with Gasteiger partial charge in [0, 0.05) is 17.6 Å². The Kier molecular flexibility index (Phi) is 3.90. The van der Waals surface area contributed by atoms with Crippen LogP contribution in [0, 0.1) is 0 Å². The molecule has 0 radical (unpaired) electrons. The minimum Gasteiger partial charge on any atom is -0.478 e. The van der Waals surface area contributed by atoms with E-state index in [-0.39, 0.29) is 12.5 Å². The fourth-order valence-corrected chi connectivity index (χ4v) is 2.15. The average Bonchev–Trinajstić information content (AvgIpc) is 3.16. The van der Waals surface area contributed by atoms with Gasteiger partial charge < -0.3 is 10.4 Å². The highest BCUT2D eigenvalue weighted by atomic mass is 35.5. The van der Waals surface area contributed by atoms with Crippen molar-refractivity contribution >= 4 is 23.5 Å². The van der Waals surface area contributed by atoms with E-state index < -0.39 is 11.4 Å². The first-order valence-corrected chi connectivity index (χ1v) is 6.36. The summed E-state index contributed by atoms with van der Waals surface area (Å²) in [7, 11) is 0. The molecule has 19 heavy (non-hydrogen) atoms. The van der Waals surface area contributed by atoms with E-state index in [9.17, 15) is 9.59 Å². The van der Waals surface area contributed by atoms with Gasteiger partial charge in [-0.3, -0.25) is 4.79 Å². The van der Waals surface area contributed by atoms with Gasteiger partial charge in [0.1, 0.15) is 0 Å². The fraction of sp³-hybridized carbons (Fsp3) is 0.286. The van der Waals surface area contributed by atoms with Crippen molar-refractivity contribution in [1.82, 2.24) is 5.32 Å². The molecule has 1 saturated carbocycles. The van der Waals surface area contributed by atoms with Crippen LogP contribution >= 0.6 is 11.6 Å². The summed E-state index contributed by atoms with van der Waals surface area (Å²) in [5, 5.41) is 11.8. The van der Waals surface area contributed by atoms with E-state index >= 15 is 0 Å². The highest BCUT2D eigenvalue weighted by Gasteiger charge is 2.50. The molecule has 1 aliphatic rings. The molecule has 1 aromatic rings. The van der Waals surface area contributed by atoms with Gasteiger partial charge in [0.2, 0.25) is 5.91 Å². The second-order valence-electron chi connectivity index (χ2n) is 4.54. The van der Waals surface area contributed by atoms with Crippen LogP contribution in [0.4, 0.5) is 0 Å². The van der Waals surface area contributed by atoms with Crippen molar-refractivity contribution in [3.63, 3.8) is 0 Å². The minimum absolute atomic E-state index is 0.0649. The van der Waals surface area contributed by atoms with Crippen LogP contribution in [-0.2, 0) is 15.0 Å². The third-order valence-electron chi connectivity index (χ3n) is 3.22. The molecule has 0 aromatic heterocycles. The van der Waals surface area contributed by atoms with Gasteiger partial charge in [0.15, 0.2) is 0 Å². The SMILES string of the molecule is O=C(O)/C=C/CNC(=O)C1(c2ccc(Cl)cc2)CC1. The fourth-order valence-electron chi connectivity index (χ4n) is 2.02. The maximum Gasteiger partial charge on any atom is 0.328 e. The lowest BCUT2D eigenvalue weighted by Gasteiger charge is -2.15. The Bertz CT molecular complexity index is 518. The first kappa shape index (κ1) is 13.6. The maximum atomic E-state index is 12.1. The van der Waals surface area contributed by atoms with Crippen molar-refractivity contribution in [2.45, 2.75) is 18.3 Å². The van der Waals surface area contributed by atoms with E-state index in [1.165, 1.54) is 6.08 Å². The highest BCUT2D eigenvalue weighted by molar-refractivity contribution is 6.30. The number of rotatable bonds is 5. The summed E-state index contributed by atoms with van der Waals surface area (Å²) in [6, 6.07) is 7.27. The van der Waals surface area contributed by atoms with Gasteiger partial charge >= 0.3 is 5.97 Å². The van der Waals surface area contributed by atoms with Crippen molar-refractivity contribution in [3.8, 4) is 0 Å². The second kappa shape index (κ2) is 5.45. The first-order valence-electron chi connectivity index (χ1n) is 5.98. The van der Waals surface area contributed by atoms with Crippen LogP contribution in [0.25, 0.3) is 0 Å². The summed E-state index contributed by atoms with van der Waals surface area (Å²) >= 11 is 5.83. The molecular formula is C14H14ClNO3. The predicted octanol–water partition coefficient (Wildman–Crippen LogP) is 2.13. The number of carbonyl (C=O) groups excluding carboxylic acids is 1. The van der Waals surface area contributed by atoms with E-state index in [4.69, 9.17) is 16.7 Å². The molecule has 0 atom stereocenters. The average molecular weight is 280 g/mol. The number of aliphatic carboxylic acids is 1. The molecule has 0 heterocycles. The van der Waals surface area contributed by atoms with Crippen LogP contribution in [0.1, 0.15) is 18.4 Å². The molecule has 0 spiro atoms. The Labute approximate surface area is 116 Å². The van der Waals surface area contributed by atoms with E-state index in [1.54, 1.807) is 12.1 Å². The smallest absolute Gasteiger partial charge is 0.328 e. The summed E-state index contributed by atoms with van der Waals surface area (Å²) in [4.78, 5) is 22.4. The number of hydrogen-bond acceptors (Lipinski definition) is 2. The van der Waals surface area contributed by atoms with Crippen LogP contribution in [0.3, 0.4) is 0 Å². The largest absolute Gasteiger partial charge is 0.478 e. The third kappa shape index (κ3) is 3.15. The van der Waals surface area contributed by atoms with E-state index in [0.29, 0.717) is 5.02 Å². The third-order valence-corrected chi connectivity index (χ3v) is 3.47. The Hall–Kier alpha value is -1.81. The number of halogens is 1. The number of amides is 1. The van der Waals surface area contributed by atoms with Gasteiger partial charge in [-0.2, -0.15) is 0 Å². The van der Waals surface area contributed by atoms with Gasteiger partial charge in [-0.25, -0.2) is 4.79 Å².